The second kappa shape index (κ2) is 8.50. The Hall–Kier alpha value is -4.16. The fourth-order valence-corrected chi connectivity index (χ4v) is 7.24. The molecule has 0 saturated heterocycles. The van der Waals surface area contributed by atoms with Crippen LogP contribution < -0.4 is 20.9 Å². The third-order valence-electron chi connectivity index (χ3n) is 8.27. The number of nitrogens with zero attached hydrogens (tertiary/aromatic N) is 2. The third-order valence-corrected chi connectivity index (χ3v) is 8.27. The van der Waals surface area contributed by atoms with Crippen LogP contribution in [0.4, 0.5) is 11.4 Å². The maximum absolute atomic E-state index is 9.75. The SMILES string of the molecule is N#Cc1cc(N)ccc1Oc1cccc(C23CC4CC(CC(C4)C2)C3)c1Oc1ccc(N)cc1C#N. The van der Waals surface area contributed by atoms with Gasteiger partial charge in [-0.3, -0.25) is 0 Å². The lowest BCUT2D eigenvalue weighted by Crippen LogP contribution is -2.48. The lowest BCUT2D eigenvalue weighted by Gasteiger charge is -2.57. The van der Waals surface area contributed by atoms with E-state index in [0.717, 1.165) is 42.6 Å². The van der Waals surface area contributed by atoms with Crippen LogP contribution in [0, 0.1) is 40.4 Å². The number of anilines is 2. The zero-order valence-corrected chi connectivity index (χ0v) is 20.0. The first-order valence-corrected chi connectivity index (χ1v) is 12.5. The molecule has 0 atom stereocenters. The monoisotopic (exact) mass is 476 g/mol. The standard InChI is InChI=1S/C30H28N4O2/c31-16-21-11-23(33)4-6-26(21)35-28-3-1-2-25(29(28)36-27-7-5-24(34)12-22(27)17-32)30-13-18-8-19(14-30)10-20(9-18)15-30/h1-7,11-12,18-20H,8-10,13-15,33-34H2. The largest absolute Gasteiger partial charge is 0.452 e. The summed E-state index contributed by atoms with van der Waals surface area (Å²) in [5.41, 5.74) is 14.7. The molecule has 0 unspecified atom stereocenters. The van der Waals surface area contributed by atoms with E-state index in [4.69, 9.17) is 20.9 Å². The van der Waals surface area contributed by atoms with Crippen molar-refractivity contribution >= 4 is 11.4 Å². The molecule has 0 spiro atoms. The van der Waals surface area contributed by atoms with Crippen molar-refractivity contribution in [3.63, 3.8) is 0 Å². The molecule has 4 fully saturated rings. The summed E-state index contributed by atoms with van der Waals surface area (Å²) >= 11 is 0. The second-order valence-corrected chi connectivity index (χ2v) is 10.8. The zero-order chi connectivity index (χ0) is 24.9. The average molecular weight is 477 g/mol. The topological polar surface area (TPSA) is 118 Å². The van der Waals surface area contributed by atoms with E-state index in [9.17, 15) is 10.5 Å². The Morgan fingerprint density at radius 3 is 1.75 bits per heavy atom. The van der Waals surface area contributed by atoms with Gasteiger partial charge in [0.15, 0.2) is 11.5 Å². The van der Waals surface area contributed by atoms with Gasteiger partial charge in [-0.25, -0.2) is 0 Å². The first-order chi connectivity index (χ1) is 17.5. The molecular weight excluding hydrogens is 448 g/mol. The lowest BCUT2D eigenvalue weighted by atomic mass is 9.48. The number of hydrogen-bond acceptors (Lipinski definition) is 6. The molecule has 0 aromatic heterocycles. The molecule has 7 rings (SSSR count). The minimum Gasteiger partial charge on any atom is -0.452 e. The minimum absolute atomic E-state index is 0.0310. The van der Waals surface area contributed by atoms with E-state index in [0.29, 0.717) is 45.5 Å². The molecule has 6 nitrogen and oxygen atoms in total. The number of benzene rings is 3. The highest BCUT2D eigenvalue weighted by atomic mass is 16.5. The normalized spacial score (nSPS) is 25.7. The summed E-state index contributed by atoms with van der Waals surface area (Å²) in [5.74, 6) is 4.24. The van der Waals surface area contributed by atoms with E-state index in [1.54, 1.807) is 36.4 Å². The molecule has 6 heteroatoms. The molecule has 3 aromatic rings. The number of hydrogen-bond donors (Lipinski definition) is 2. The van der Waals surface area contributed by atoms with Crippen molar-refractivity contribution in [2.45, 2.75) is 43.9 Å². The minimum atomic E-state index is 0.0310. The molecule has 180 valence electrons. The molecule has 4 N–H and O–H groups in total. The first kappa shape index (κ1) is 22.3. The summed E-state index contributed by atoms with van der Waals surface area (Å²) in [4.78, 5) is 0. The fourth-order valence-electron chi connectivity index (χ4n) is 7.24. The van der Waals surface area contributed by atoms with Crippen LogP contribution in [0.2, 0.25) is 0 Å². The van der Waals surface area contributed by atoms with E-state index in [1.165, 1.54) is 19.3 Å². The summed E-state index contributed by atoms with van der Waals surface area (Å²) in [7, 11) is 0. The number of rotatable bonds is 5. The Morgan fingerprint density at radius 2 is 1.22 bits per heavy atom. The lowest BCUT2D eigenvalue weighted by molar-refractivity contribution is -0.00608. The molecule has 36 heavy (non-hydrogen) atoms. The maximum atomic E-state index is 9.75. The van der Waals surface area contributed by atoms with Gasteiger partial charge in [-0.2, -0.15) is 10.5 Å². The van der Waals surface area contributed by atoms with Crippen molar-refractivity contribution in [2.24, 2.45) is 17.8 Å². The highest BCUT2D eigenvalue weighted by Crippen LogP contribution is 2.63. The van der Waals surface area contributed by atoms with Crippen molar-refractivity contribution < 1.29 is 9.47 Å². The Balaban J connectivity index is 1.49. The van der Waals surface area contributed by atoms with Gasteiger partial charge in [-0.15, -0.1) is 0 Å². The van der Waals surface area contributed by atoms with Gasteiger partial charge >= 0.3 is 0 Å². The Kier molecular flexibility index (Phi) is 5.27. The maximum Gasteiger partial charge on any atom is 0.173 e. The van der Waals surface area contributed by atoms with Crippen molar-refractivity contribution in [3.05, 3.63) is 71.3 Å². The summed E-state index contributed by atoms with van der Waals surface area (Å²) in [5, 5.41) is 19.4. The third kappa shape index (κ3) is 3.80. The van der Waals surface area contributed by atoms with Gasteiger partial charge in [0.1, 0.15) is 23.6 Å². The number of ether oxygens (including phenoxy) is 2. The first-order valence-electron chi connectivity index (χ1n) is 12.5. The summed E-state index contributed by atoms with van der Waals surface area (Å²) in [6.45, 7) is 0. The van der Waals surface area contributed by atoms with Crippen LogP contribution in [0.5, 0.6) is 23.0 Å². The van der Waals surface area contributed by atoms with Gasteiger partial charge in [0.05, 0.1) is 11.1 Å². The molecule has 3 aromatic carbocycles. The smallest absolute Gasteiger partial charge is 0.173 e. The van der Waals surface area contributed by atoms with Crippen LogP contribution in [0.1, 0.15) is 55.2 Å². The van der Waals surface area contributed by atoms with Crippen LogP contribution >= 0.6 is 0 Å². The van der Waals surface area contributed by atoms with Crippen LogP contribution in [-0.4, -0.2) is 0 Å². The molecule has 4 aliphatic carbocycles. The Labute approximate surface area is 211 Å². The number of nitrogens with two attached hydrogens (primary N) is 2. The van der Waals surface area contributed by atoms with Gasteiger partial charge in [0.2, 0.25) is 0 Å². The van der Waals surface area contributed by atoms with Crippen LogP contribution in [-0.2, 0) is 5.41 Å². The highest BCUT2D eigenvalue weighted by Gasteiger charge is 2.52. The van der Waals surface area contributed by atoms with E-state index in [1.807, 2.05) is 12.1 Å². The molecule has 4 aliphatic rings. The van der Waals surface area contributed by atoms with Crippen LogP contribution in [0.25, 0.3) is 0 Å². The number of nitriles is 2. The molecule has 0 aliphatic heterocycles. The zero-order valence-electron chi connectivity index (χ0n) is 20.0. The van der Waals surface area contributed by atoms with Gasteiger partial charge < -0.3 is 20.9 Å². The average Bonchev–Trinajstić information content (AvgIpc) is 2.86. The predicted octanol–water partition coefficient (Wildman–Crippen LogP) is 6.65. The summed E-state index contributed by atoms with van der Waals surface area (Å²) in [6.07, 6.45) is 7.45. The van der Waals surface area contributed by atoms with E-state index in [-0.39, 0.29) is 5.41 Å². The van der Waals surface area contributed by atoms with Gasteiger partial charge in [0, 0.05) is 16.9 Å². The molecule has 4 saturated carbocycles. The van der Waals surface area contributed by atoms with Crippen molar-refractivity contribution in [2.75, 3.05) is 11.5 Å². The number of para-hydroxylation sites is 1. The molecule has 0 amide bonds. The second-order valence-electron chi connectivity index (χ2n) is 10.8. The van der Waals surface area contributed by atoms with Crippen LogP contribution in [0.3, 0.4) is 0 Å². The van der Waals surface area contributed by atoms with Gasteiger partial charge in [-0.1, -0.05) is 12.1 Å². The van der Waals surface area contributed by atoms with Crippen molar-refractivity contribution in [1.29, 1.82) is 10.5 Å². The molecule has 0 heterocycles. The summed E-state index contributed by atoms with van der Waals surface area (Å²) in [6, 6.07) is 20.5. The van der Waals surface area contributed by atoms with Crippen LogP contribution in [0.15, 0.2) is 54.6 Å². The fraction of sp³-hybridized carbons (Fsp3) is 0.333. The van der Waals surface area contributed by atoms with E-state index >= 15 is 0 Å². The van der Waals surface area contributed by atoms with E-state index < -0.39 is 0 Å². The van der Waals surface area contributed by atoms with Gasteiger partial charge in [-0.05, 0) is 104 Å². The highest BCUT2D eigenvalue weighted by molar-refractivity contribution is 5.60. The number of nitrogen functional groups attached to an aromatic ring is 2. The molecule has 0 radical (unpaired) electrons. The van der Waals surface area contributed by atoms with Crippen molar-refractivity contribution in [1.82, 2.24) is 0 Å². The van der Waals surface area contributed by atoms with E-state index in [2.05, 4.69) is 18.2 Å². The quantitative estimate of drug-likeness (QED) is 0.398. The Bertz CT molecular complexity index is 1400. The predicted molar refractivity (Wildman–Crippen MR) is 138 cm³/mol. The summed E-state index contributed by atoms with van der Waals surface area (Å²) < 4.78 is 12.9. The van der Waals surface area contributed by atoms with Crippen molar-refractivity contribution in [3.8, 4) is 35.1 Å². The molecule has 4 bridgehead atoms. The van der Waals surface area contributed by atoms with Gasteiger partial charge in [0.25, 0.3) is 0 Å². The molecular formula is C30H28N4O2. The Morgan fingerprint density at radius 1 is 0.694 bits per heavy atom.